The molecule has 0 radical (unpaired) electrons. The molecule has 3 heterocycles. The molecule has 38 heavy (non-hydrogen) atoms. The molecule has 1 unspecified atom stereocenters. The van der Waals surface area contributed by atoms with E-state index in [4.69, 9.17) is 0 Å². The average Bonchev–Trinajstić information content (AvgIpc) is 3.57. The number of rotatable bonds is 7. The van der Waals surface area contributed by atoms with Gasteiger partial charge in [0, 0.05) is 35.8 Å². The van der Waals surface area contributed by atoms with Crippen molar-refractivity contribution in [1.82, 2.24) is 20.5 Å². The molecule has 1 aliphatic carbocycles. The summed E-state index contributed by atoms with van der Waals surface area (Å²) in [5.74, 6) is -3.68. The van der Waals surface area contributed by atoms with Gasteiger partial charge in [0.1, 0.15) is 22.0 Å². The van der Waals surface area contributed by atoms with Gasteiger partial charge in [0.2, 0.25) is 11.8 Å². The first-order chi connectivity index (χ1) is 17.6. The fourth-order valence-electron chi connectivity index (χ4n) is 6.22. The Morgan fingerprint density at radius 1 is 1.18 bits per heavy atom. The van der Waals surface area contributed by atoms with Gasteiger partial charge in [0.05, 0.1) is 5.92 Å². The largest absolute Gasteiger partial charge is 1.00 e. The number of aliphatic hydroxyl groups excluding tert-OH is 1. The van der Waals surface area contributed by atoms with E-state index >= 15 is 0 Å². The third kappa shape index (κ3) is 5.80. The van der Waals surface area contributed by atoms with E-state index in [1.807, 2.05) is 24.3 Å². The van der Waals surface area contributed by atoms with Gasteiger partial charge in [-0.25, -0.2) is 8.42 Å². The van der Waals surface area contributed by atoms with E-state index in [9.17, 15) is 32.5 Å². The van der Waals surface area contributed by atoms with Gasteiger partial charge in [-0.1, -0.05) is 24.6 Å². The standard InChI is InChI=1S/C25H32N4O7S.Na/c30-22-15(7-4-10-26-22)11-18(25(33)37(34,35)36)23(31)28-21-17-8-3-6-16(17)13-29(21)24(32)20-12-14-5-1-2-9-19(14)27-20;/h1-2,5,9,12,15-18,21,25,27,33H,3-4,6-8,10-11,13H2,(H,26,30)(H,28,31)(H,34,35,36);/q;+1/p-1/t15-,16-,17-,18-,21-,25?;/m0./s1. The summed E-state index contributed by atoms with van der Waals surface area (Å²) in [5, 5.41) is 16.7. The van der Waals surface area contributed by atoms with E-state index in [-0.39, 0.29) is 59.6 Å². The molecule has 3 fully saturated rings. The topological polar surface area (TPSA) is 172 Å². The van der Waals surface area contributed by atoms with Gasteiger partial charge in [0.25, 0.3) is 5.91 Å². The van der Waals surface area contributed by atoms with Gasteiger partial charge in [0.15, 0.2) is 5.44 Å². The second-order valence-electron chi connectivity index (χ2n) is 10.4. The summed E-state index contributed by atoms with van der Waals surface area (Å²) in [6, 6.07) is 9.23. The fraction of sp³-hybridized carbons (Fsp3) is 0.560. The van der Waals surface area contributed by atoms with Gasteiger partial charge in [-0.2, -0.15) is 0 Å². The maximum atomic E-state index is 13.6. The molecule has 13 heteroatoms. The Kier molecular flexibility index (Phi) is 8.90. The van der Waals surface area contributed by atoms with Crippen molar-refractivity contribution in [1.29, 1.82) is 0 Å². The Morgan fingerprint density at radius 2 is 1.95 bits per heavy atom. The second kappa shape index (κ2) is 11.6. The Hall–Kier alpha value is -1.96. The number of carbonyl (C=O) groups is 3. The number of nitrogens with zero attached hydrogens (tertiary/aromatic N) is 1. The molecule has 1 aromatic heterocycles. The van der Waals surface area contributed by atoms with Crippen LogP contribution in [-0.4, -0.2) is 70.4 Å². The van der Waals surface area contributed by atoms with Crippen LogP contribution in [0.3, 0.4) is 0 Å². The van der Waals surface area contributed by atoms with E-state index in [1.165, 1.54) is 0 Å². The maximum absolute atomic E-state index is 13.6. The summed E-state index contributed by atoms with van der Waals surface area (Å²) in [4.78, 5) is 44.0. The van der Waals surface area contributed by atoms with Crippen molar-refractivity contribution >= 4 is 38.7 Å². The summed E-state index contributed by atoms with van der Waals surface area (Å²) >= 11 is 0. The molecule has 11 nitrogen and oxygen atoms in total. The quantitative estimate of drug-likeness (QED) is 0.224. The normalized spacial score (nSPS) is 26.8. The molecular weight excluding hydrogens is 523 g/mol. The van der Waals surface area contributed by atoms with Gasteiger partial charge >= 0.3 is 29.6 Å². The number of nitrogens with one attached hydrogen (secondary N) is 3. The van der Waals surface area contributed by atoms with E-state index < -0.39 is 39.5 Å². The smallest absolute Gasteiger partial charge is 0.746 e. The molecule has 4 N–H and O–H groups in total. The van der Waals surface area contributed by atoms with E-state index in [2.05, 4.69) is 15.6 Å². The first-order valence-electron chi connectivity index (χ1n) is 12.7. The number of likely N-dealkylation sites (tertiary alicyclic amines) is 1. The minimum absolute atomic E-state index is 0. The number of H-pyrrole nitrogens is 1. The van der Waals surface area contributed by atoms with Crippen molar-refractivity contribution < 1.29 is 62.0 Å². The van der Waals surface area contributed by atoms with Crippen LogP contribution >= 0.6 is 0 Å². The summed E-state index contributed by atoms with van der Waals surface area (Å²) in [6.45, 7) is 0.909. The number of para-hydroxylation sites is 1. The summed E-state index contributed by atoms with van der Waals surface area (Å²) in [7, 11) is -5.23. The zero-order valence-electron chi connectivity index (χ0n) is 21.3. The number of aliphatic hydroxyl groups is 1. The Morgan fingerprint density at radius 3 is 2.66 bits per heavy atom. The van der Waals surface area contributed by atoms with Crippen molar-refractivity contribution in [2.24, 2.45) is 23.7 Å². The SMILES string of the molecule is O=C1NCCC[C@H]1C[C@@H](C(=O)N[C@@H]1[C@H]2CCC[C@H]2CN1C(=O)c1cc2ccccc2[nH]1)C(O)S(=O)(=O)[O-].[Na+]. The minimum Gasteiger partial charge on any atom is -0.746 e. The van der Waals surface area contributed by atoms with Gasteiger partial charge < -0.3 is 30.2 Å². The van der Waals surface area contributed by atoms with Crippen LogP contribution in [0, 0.1) is 23.7 Å². The van der Waals surface area contributed by atoms with Gasteiger partial charge in [-0.3, -0.25) is 14.4 Å². The number of hydrogen-bond donors (Lipinski definition) is 4. The molecule has 2 saturated heterocycles. The molecule has 0 spiro atoms. The third-order valence-electron chi connectivity index (χ3n) is 8.12. The first kappa shape index (κ1) is 29.0. The van der Waals surface area contributed by atoms with Crippen LogP contribution in [0.15, 0.2) is 30.3 Å². The zero-order valence-corrected chi connectivity index (χ0v) is 24.1. The molecule has 3 aliphatic rings. The van der Waals surface area contributed by atoms with Crippen LogP contribution in [0.5, 0.6) is 0 Å². The first-order valence-corrected chi connectivity index (χ1v) is 14.2. The predicted octanol–water partition coefficient (Wildman–Crippen LogP) is -2.12. The van der Waals surface area contributed by atoms with Crippen LogP contribution in [-0.2, 0) is 19.7 Å². The number of aromatic amines is 1. The summed E-state index contributed by atoms with van der Waals surface area (Å²) < 4.78 is 35.1. The Bertz CT molecular complexity index is 1280. The van der Waals surface area contributed by atoms with Crippen molar-refractivity contribution in [3.63, 3.8) is 0 Å². The number of aromatic nitrogens is 1. The molecule has 5 rings (SSSR count). The summed E-state index contributed by atoms with van der Waals surface area (Å²) in [5.41, 5.74) is -1.32. The number of benzene rings is 1. The van der Waals surface area contributed by atoms with E-state index in [1.54, 1.807) is 11.0 Å². The van der Waals surface area contributed by atoms with E-state index in [0.717, 1.165) is 30.2 Å². The van der Waals surface area contributed by atoms with Crippen LogP contribution in [0.2, 0.25) is 0 Å². The summed E-state index contributed by atoms with van der Waals surface area (Å²) in [6.07, 6.45) is 2.69. The van der Waals surface area contributed by atoms with Crippen LogP contribution in [0.1, 0.15) is 49.0 Å². The molecule has 2 aromatic rings. The molecule has 6 atom stereocenters. The minimum atomic E-state index is -5.23. The molecule has 1 aromatic carbocycles. The van der Waals surface area contributed by atoms with Crippen molar-refractivity contribution in [3.05, 3.63) is 36.0 Å². The second-order valence-corrected chi connectivity index (χ2v) is 11.9. The maximum Gasteiger partial charge on any atom is 1.00 e. The van der Waals surface area contributed by atoms with Crippen LogP contribution in [0.25, 0.3) is 10.9 Å². The number of hydrogen-bond acceptors (Lipinski definition) is 7. The monoisotopic (exact) mass is 554 g/mol. The molecule has 1 saturated carbocycles. The molecule has 200 valence electrons. The molecule has 0 bridgehead atoms. The van der Waals surface area contributed by atoms with Gasteiger partial charge in [-0.05, 0) is 50.2 Å². The van der Waals surface area contributed by atoms with Crippen molar-refractivity contribution in [2.45, 2.75) is 50.1 Å². The molecule has 3 amide bonds. The third-order valence-corrected chi connectivity index (χ3v) is 9.04. The van der Waals surface area contributed by atoms with Crippen LogP contribution in [0.4, 0.5) is 0 Å². The van der Waals surface area contributed by atoms with Crippen molar-refractivity contribution in [2.75, 3.05) is 13.1 Å². The number of fused-ring (bicyclic) bond motifs is 2. The molecular formula is C25H31N4NaO7S. The number of piperidine rings is 1. The van der Waals surface area contributed by atoms with Gasteiger partial charge in [-0.15, -0.1) is 0 Å². The average molecular weight is 555 g/mol. The number of amides is 3. The Labute approximate surface area is 243 Å². The fourth-order valence-corrected chi connectivity index (χ4v) is 6.85. The van der Waals surface area contributed by atoms with Crippen molar-refractivity contribution in [3.8, 4) is 0 Å². The molecule has 2 aliphatic heterocycles. The van der Waals surface area contributed by atoms with Crippen LogP contribution < -0.4 is 40.2 Å². The zero-order chi connectivity index (χ0) is 26.3. The predicted molar refractivity (Wildman–Crippen MR) is 132 cm³/mol. The Balaban J connectivity index is 0.00000336. The number of carbonyl (C=O) groups excluding carboxylic acids is 3. The van der Waals surface area contributed by atoms with E-state index in [0.29, 0.717) is 31.6 Å².